The minimum Gasteiger partial charge on any atom is -0.507 e. The van der Waals surface area contributed by atoms with E-state index in [1.165, 1.54) is 0 Å². The normalized spacial score (nSPS) is 10.8. The Morgan fingerprint density at radius 3 is 2.22 bits per heavy atom. The Bertz CT molecular complexity index is 979. The quantitative estimate of drug-likeness (QED) is 0.645. The van der Waals surface area contributed by atoms with Crippen molar-refractivity contribution >= 4 is 28.3 Å². The van der Waals surface area contributed by atoms with Crippen LogP contribution in [0.25, 0.3) is 10.8 Å². The number of hydrogen-bond donors (Lipinski definition) is 3. The molecule has 0 aliphatic rings. The van der Waals surface area contributed by atoms with Gasteiger partial charge in [-0.25, -0.2) is 0 Å². The third-order valence-corrected chi connectivity index (χ3v) is 4.13. The molecule has 3 rings (SSSR count). The van der Waals surface area contributed by atoms with Crippen LogP contribution in [-0.2, 0) is 11.2 Å². The monoisotopic (exact) mass is 362 g/mol. The van der Waals surface area contributed by atoms with Crippen LogP contribution in [0.4, 0.5) is 5.69 Å². The molecule has 0 saturated heterocycles. The number of anilines is 1. The van der Waals surface area contributed by atoms with E-state index in [0.29, 0.717) is 5.69 Å². The molecule has 3 aromatic carbocycles. The van der Waals surface area contributed by atoms with E-state index in [0.717, 1.165) is 16.3 Å². The topological polar surface area (TPSA) is 78.4 Å². The highest BCUT2D eigenvalue weighted by atomic mass is 16.3. The number of carbonyl (C=O) groups is 2. The van der Waals surface area contributed by atoms with Gasteiger partial charge in [0.2, 0.25) is 5.91 Å². The molecule has 0 bridgehead atoms. The number of nitrogens with one attached hydrogen (secondary N) is 2. The highest BCUT2D eigenvalue weighted by Crippen LogP contribution is 2.25. The van der Waals surface area contributed by atoms with Crippen LogP contribution in [0.5, 0.6) is 5.75 Å². The van der Waals surface area contributed by atoms with Gasteiger partial charge in [-0.15, -0.1) is 0 Å². The molecule has 0 aromatic heterocycles. The van der Waals surface area contributed by atoms with Crippen LogP contribution in [0.15, 0.2) is 60.7 Å². The van der Waals surface area contributed by atoms with Gasteiger partial charge in [0.25, 0.3) is 5.91 Å². The first-order valence-corrected chi connectivity index (χ1v) is 8.84. The summed E-state index contributed by atoms with van der Waals surface area (Å²) in [5, 5.41) is 17.5. The molecule has 0 radical (unpaired) electrons. The lowest BCUT2D eigenvalue weighted by molar-refractivity contribution is -0.120. The maximum atomic E-state index is 12.5. The molecule has 0 aliphatic heterocycles. The van der Waals surface area contributed by atoms with Crippen LogP contribution in [0.1, 0.15) is 29.8 Å². The molecule has 5 heteroatoms. The highest BCUT2D eigenvalue weighted by Gasteiger charge is 2.13. The number of aromatic hydroxyl groups is 1. The molecule has 0 heterocycles. The van der Waals surface area contributed by atoms with E-state index in [9.17, 15) is 14.7 Å². The van der Waals surface area contributed by atoms with Gasteiger partial charge in [0.05, 0.1) is 12.0 Å². The van der Waals surface area contributed by atoms with Gasteiger partial charge in [-0.1, -0.05) is 36.4 Å². The number of phenolic OH excluding ortho intramolecular Hbond substituents is 1. The van der Waals surface area contributed by atoms with Gasteiger partial charge in [0.15, 0.2) is 0 Å². The van der Waals surface area contributed by atoms with Crippen LogP contribution in [0.2, 0.25) is 0 Å². The van der Waals surface area contributed by atoms with Crippen molar-refractivity contribution in [2.45, 2.75) is 26.3 Å². The summed E-state index contributed by atoms with van der Waals surface area (Å²) in [4.78, 5) is 24.3. The van der Waals surface area contributed by atoms with Gasteiger partial charge in [-0.2, -0.15) is 0 Å². The van der Waals surface area contributed by atoms with E-state index in [4.69, 9.17) is 0 Å². The standard InChI is InChI=1S/C22H22N2O3/c1-14(2)23-21(26)11-15-7-9-18(10-8-15)24-22(27)19-12-16-5-3-4-6-17(16)13-20(19)25/h3-10,12-14,25H,11H2,1-2H3,(H,23,26)(H,24,27). The summed E-state index contributed by atoms with van der Waals surface area (Å²) in [6.07, 6.45) is 0.290. The summed E-state index contributed by atoms with van der Waals surface area (Å²) >= 11 is 0. The van der Waals surface area contributed by atoms with Crippen molar-refractivity contribution in [1.82, 2.24) is 5.32 Å². The van der Waals surface area contributed by atoms with E-state index in [1.54, 1.807) is 36.4 Å². The minimum absolute atomic E-state index is 0.0390. The lowest BCUT2D eigenvalue weighted by atomic mass is 10.1. The predicted octanol–water partition coefficient (Wildman–Crippen LogP) is 3.86. The van der Waals surface area contributed by atoms with Crippen LogP contribution in [0.3, 0.4) is 0 Å². The van der Waals surface area contributed by atoms with Gasteiger partial charge in [-0.3, -0.25) is 9.59 Å². The van der Waals surface area contributed by atoms with Crippen molar-refractivity contribution < 1.29 is 14.7 Å². The van der Waals surface area contributed by atoms with Crippen molar-refractivity contribution in [2.24, 2.45) is 0 Å². The maximum absolute atomic E-state index is 12.5. The third-order valence-electron chi connectivity index (χ3n) is 4.13. The fourth-order valence-corrected chi connectivity index (χ4v) is 2.87. The summed E-state index contributed by atoms with van der Waals surface area (Å²) in [6, 6.07) is 18.0. The van der Waals surface area contributed by atoms with Crippen molar-refractivity contribution in [3.8, 4) is 5.75 Å². The van der Waals surface area contributed by atoms with Crippen LogP contribution in [0, 0.1) is 0 Å². The van der Waals surface area contributed by atoms with Crippen molar-refractivity contribution in [2.75, 3.05) is 5.32 Å². The molecular formula is C22H22N2O3. The molecule has 27 heavy (non-hydrogen) atoms. The zero-order valence-corrected chi connectivity index (χ0v) is 15.3. The molecule has 0 unspecified atom stereocenters. The predicted molar refractivity (Wildman–Crippen MR) is 107 cm³/mol. The maximum Gasteiger partial charge on any atom is 0.259 e. The average Bonchev–Trinajstić information content (AvgIpc) is 2.62. The Balaban J connectivity index is 1.71. The second kappa shape index (κ2) is 7.91. The SMILES string of the molecule is CC(C)NC(=O)Cc1ccc(NC(=O)c2cc3ccccc3cc2O)cc1. The molecule has 2 amide bonds. The Hall–Kier alpha value is -3.34. The highest BCUT2D eigenvalue weighted by molar-refractivity contribution is 6.08. The lowest BCUT2D eigenvalue weighted by Crippen LogP contribution is -2.31. The van der Waals surface area contributed by atoms with Gasteiger partial charge in [-0.05, 0) is 54.4 Å². The summed E-state index contributed by atoms with van der Waals surface area (Å²) in [6.45, 7) is 3.83. The molecule has 3 aromatic rings. The zero-order valence-electron chi connectivity index (χ0n) is 15.3. The van der Waals surface area contributed by atoms with E-state index in [1.807, 2.05) is 38.1 Å². The third kappa shape index (κ3) is 4.64. The Morgan fingerprint density at radius 1 is 0.963 bits per heavy atom. The second-order valence-corrected chi connectivity index (χ2v) is 6.77. The first-order chi connectivity index (χ1) is 12.9. The number of fused-ring (bicyclic) bond motifs is 1. The molecule has 0 aliphatic carbocycles. The zero-order chi connectivity index (χ0) is 19.4. The smallest absolute Gasteiger partial charge is 0.259 e. The molecular weight excluding hydrogens is 340 g/mol. The molecule has 0 fully saturated rings. The number of benzene rings is 3. The van der Waals surface area contributed by atoms with Crippen molar-refractivity contribution in [3.05, 3.63) is 71.8 Å². The van der Waals surface area contributed by atoms with Gasteiger partial charge < -0.3 is 15.7 Å². The van der Waals surface area contributed by atoms with E-state index < -0.39 is 0 Å². The van der Waals surface area contributed by atoms with Crippen LogP contribution in [-0.4, -0.2) is 23.0 Å². The average molecular weight is 362 g/mol. The number of phenols is 1. The second-order valence-electron chi connectivity index (χ2n) is 6.77. The molecule has 0 saturated carbocycles. The summed E-state index contributed by atoms with van der Waals surface area (Å²) in [5.41, 5.74) is 1.68. The summed E-state index contributed by atoms with van der Waals surface area (Å²) in [7, 11) is 0. The molecule has 3 N–H and O–H groups in total. The first-order valence-electron chi connectivity index (χ1n) is 8.84. The van der Waals surface area contributed by atoms with E-state index in [2.05, 4.69) is 10.6 Å². The molecule has 138 valence electrons. The first kappa shape index (κ1) is 18.5. The summed E-state index contributed by atoms with van der Waals surface area (Å²) < 4.78 is 0. The number of hydrogen-bond acceptors (Lipinski definition) is 3. The Kier molecular flexibility index (Phi) is 5.41. The molecule has 0 spiro atoms. The van der Waals surface area contributed by atoms with E-state index in [-0.39, 0.29) is 35.6 Å². The minimum atomic E-state index is -0.386. The van der Waals surface area contributed by atoms with Crippen LogP contribution < -0.4 is 10.6 Å². The Labute approximate surface area is 158 Å². The van der Waals surface area contributed by atoms with Crippen molar-refractivity contribution in [1.29, 1.82) is 0 Å². The fraction of sp³-hybridized carbons (Fsp3) is 0.182. The number of rotatable bonds is 5. The van der Waals surface area contributed by atoms with Gasteiger partial charge in [0, 0.05) is 11.7 Å². The molecule has 0 atom stereocenters. The van der Waals surface area contributed by atoms with Gasteiger partial charge >= 0.3 is 0 Å². The van der Waals surface area contributed by atoms with Gasteiger partial charge in [0.1, 0.15) is 5.75 Å². The summed E-state index contributed by atoms with van der Waals surface area (Å²) in [5.74, 6) is -0.486. The van der Waals surface area contributed by atoms with Crippen molar-refractivity contribution in [3.63, 3.8) is 0 Å². The lowest BCUT2D eigenvalue weighted by Gasteiger charge is -2.10. The number of amides is 2. The largest absolute Gasteiger partial charge is 0.507 e. The number of carbonyl (C=O) groups excluding carboxylic acids is 2. The Morgan fingerprint density at radius 2 is 1.59 bits per heavy atom. The van der Waals surface area contributed by atoms with Crippen LogP contribution >= 0.6 is 0 Å². The fourth-order valence-electron chi connectivity index (χ4n) is 2.87. The molecule has 5 nitrogen and oxygen atoms in total. The van der Waals surface area contributed by atoms with E-state index >= 15 is 0 Å².